The lowest BCUT2D eigenvalue weighted by atomic mass is 9.95. The van der Waals surface area contributed by atoms with Crippen molar-refractivity contribution in [1.82, 2.24) is 30.2 Å². The highest BCUT2D eigenvalue weighted by molar-refractivity contribution is 6.90. The fourth-order valence-corrected chi connectivity index (χ4v) is 17.5. The van der Waals surface area contributed by atoms with Crippen molar-refractivity contribution in [2.24, 2.45) is 0 Å². The molecule has 3 aromatic heterocycles. The number of nitrogens with zero attached hydrogens (tertiary/aromatic N) is 7. The van der Waals surface area contributed by atoms with Gasteiger partial charge in [0.1, 0.15) is 49.4 Å². The van der Waals surface area contributed by atoms with E-state index in [0.29, 0.717) is 85.6 Å². The number of piperazine rings is 1. The number of rotatable bonds is 10. The summed E-state index contributed by atoms with van der Waals surface area (Å²) in [7, 11) is -2.36. The Labute approximate surface area is 386 Å². The van der Waals surface area contributed by atoms with Gasteiger partial charge in [-0.05, 0) is 78.5 Å². The zero-order valence-electron chi connectivity index (χ0n) is 38.9. The third-order valence-corrected chi connectivity index (χ3v) is 21.7. The molecule has 5 fully saturated rings. The molecule has 0 radical (unpaired) electrons. The number of phenolic OH excluding ortho intramolecular Hbond substituents is 1. The second-order valence-electron chi connectivity index (χ2n) is 20.3. The second-order valence-corrected chi connectivity index (χ2v) is 25.9. The van der Waals surface area contributed by atoms with Crippen molar-refractivity contribution < 1.29 is 27.8 Å². The molecule has 66 heavy (non-hydrogen) atoms. The molecule has 15 heteroatoms. The zero-order chi connectivity index (χ0) is 46.1. The number of ether oxygens (including phenoxy) is 2. The van der Waals surface area contributed by atoms with E-state index < -0.39 is 31.4 Å². The number of alkyl halides is 1. The lowest BCUT2D eigenvalue weighted by Crippen LogP contribution is -2.51. The summed E-state index contributed by atoms with van der Waals surface area (Å²) in [5, 5.41) is 16.3. The van der Waals surface area contributed by atoms with Crippen LogP contribution in [0, 0.1) is 23.1 Å². The minimum atomic E-state index is -2.36. The molecule has 2 bridgehead atoms. The predicted octanol–water partition coefficient (Wildman–Crippen LogP) is 9.19. The molecular formula is C51H61F3N8O3Si. The number of hydrogen-bond acceptors (Lipinski definition) is 11. The van der Waals surface area contributed by atoms with Crippen molar-refractivity contribution in [3.63, 3.8) is 0 Å². The fraction of sp³-hybridized carbons (Fsp3) is 0.529. The molecule has 5 aliphatic rings. The molecule has 0 amide bonds. The highest BCUT2D eigenvalue weighted by atomic mass is 28.3. The van der Waals surface area contributed by atoms with Gasteiger partial charge >= 0.3 is 6.01 Å². The molecule has 0 unspecified atom stereocenters. The summed E-state index contributed by atoms with van der Waals surface area (Å²) >= 11 is 0. The van der Waals surface area contributed by atoms with E-state index in [1.807, 2.05) is 6.07 Å². The molecule has 5 aliphatic heterocycles. The van der Waals surface area contributed by atoms with Gasteiger partial charge in [-0.3, -0.25) is 9.88 Å². The van der Waals surface area contributed by atoms with Crippen LogP contribution < -0.4 is 19.9 Å². The summed E-state index contributed by atoms with van der Waals surface area (Å²) < 4.78 is 62.1. The summed E-state index contributed by atoms with van der Waals surface area (Å²) in [5.74, 6) is 2.39. The van der Waals surface area contributed by atoms with Gasteiger partial charge in [-0.25, -0.2) is 18.2 Å². The van der Waals surface area contributed by atoms with Gasteiger partial charge in [0.2, 0.25) is 0 Å². The molecule has 5 saturated heterocycles. The van der Waals surface area contributed by atoms with Crippen LogP contribution in [0.2, 0.25) is 16.6 Å². The van der Waals surface area contributed by atoms with E-state index in [2.05, 4.69) is 73.0 Å². The first kappa shape index (κ1) is 44.8. The minimum Gasteiger partial charge on any atom is -0.508 e. The molecule has 0 aliphatic carbocycles. The maximum absolute atomic E-state index is 18.4. The average Bonchev–Trinajstić information content (AvgIpc) is 3.95. The Morgan fingerprint density at radius 3 is 2.36 bits per heavy atom. The highest BCUT2D eigenvalue weighted by Gasteiger charge is 2.49. The number of halogens is 3. The van der Waals surface area contributed by atoms with Crippen LogP contribution >= 0.6 is 0 Å². The first-order chi connectivity index (χ1) is 31.7. The Balaban J connectivity index is 1.24. The van der Waals surface area contributed by atoms with Gasteiger partial charge in [0.05, 0.1) is 47.3 Å². The van der Waals surface area contributed by atoms with Crippen LogP contribution in [0.3, 0.4) is 0 Å². The van der Waals surface area contributed by atoms with Crippen LogP contribution in [0.25, 0.3) is 44.2 Å². The van der Waals surface area contributed by atoms with Crippen LogP contribution in [0.1, 0.15) is 79.2 Å². The molecule has 2 aromatic carbocycles. The number of benzene rings is 2. The van der Waals surface area contributed by atoms with E-state index >= 15 is 8.78 Å². The molecule has 348 valence electrons. The normalized spacial score (nSPS) is 23.4. The van der Waals surface area contributed by atoms with Gasteiger partial charge in [-0.1, -0.05) is 53.5 Å². The molecule has 8 heterocycles. The molecule has 0 spiro atoms. The first-order valence-electron chi connectivity index (χ1n) is 24.0. The molecule has 11 nitrogen and oxygen atoms in total. The minimum absolute atomic E-state index is 0.00942. The van der Waals surface area contributed by atoms with E-state index in [-0.39, 0.29) is 69.4 Å². The molecule has 2 N–H and O–H groups in total. The number of aromatic nitrogens is 4. The maximum Gasteiger partial charge on any atom is 0.319 e. The molecular weight excluding hydrogens is 858 g/mol. The number of fused-ring (bicyclic) bond motifs is 5. The monoisotopic (exact) mass is 918 g/mol. The van der Waals surface area contributed by atoms with Crippen LogP contribution in [-0.2, 0) is 4.74 Å². The number of hydrogen-bond donors (Lipinski definition) is 2. The summed E-state index contributed by atoms with van der Waals surface area (Å²) in [6.07, 6.45) is 6.67. The second kappa shape index (κ2) is 17.6. The Hall–Kier alpha value is -5.01. The van der Waals surface area contributed by atoms with Gasteiger partial charge in [0, 0.05) is 73.9 Å². The number of morpholine rings is 1. The molecule has 0 saturated carbocycles. The number of nitrogens with one attached hydrogen (secondary N) is 1. The number of anilines is 2. The van der Waals surface area contributed by atoms with Crippen molar-refractivity contribution in [3.8, 4) is 45.7 Å². The SMILES string of the molecule is CC(C)[Si](C#Cc1c(F)ccc2cc(O)cc(-c3nc(-c4cncc(N5CCOCC5)c4)c4c(N5C[C@H]6CC[C@@H](C5)N6)nc(OC[C@]56CCCN5C[C@@H](F)C6)nc4c3F)c12)(C(C)C)C(C)C. The van der Waals surface area contributed by atoms with E-state index in [1.54, 1.807) is 24.5 Å². The number of phenols is 1. The van der Waals surface area contributed by atoms with Crippen molar-refractivity contribution in [2.45, 2.75) is 114 Å². The van der Waals surface area contributed by atoms with Crippen LogP contribution in [-0.4, -0.2) is 121 Å². The van der Waals surface area contributed by atoms with E-state index in [4.69, 9.17) is 29.4 Å². The Kier molecular flexibility index (Phi) is 11.9. The molecule has 10 rings (SSSR count). The molecule has 5 aromatic rings. The van der Waals surface area contributed by atoms with Gasteiger partial charge in [-0.2, -0.15) is 9.97 Å². The third-order valence-electron chi connectivity index (χ3n) is 15.4. The largest absolute Gasteiger partial charge is 0.508 e. The summed E-state index contributed by atoms with van der Waals surface area (Å²) in [4.78, 5) is 26.6. The van der Waals surface area contributed by atoms with Gasteiger partial charge in [0.25, 0.3) is 0 Å². The first-order valence-corrected chi connectivity index (χ1v) is 26.2. The average molecular weight is 919 g/mol. The predicted molar refractivity (Wildman–Crippen MR) is 257 cm³/mol. The van der Waals surface area contributed by atoms with E-state index in [0.717, 1.165) is 37.9 Å². The lowest BCUT2D eigenvalue weighted by molar-refractivity contribution is 0.107. The van der Waals surface area contributed by atoms with Gasteiger partial charge in [-0.15, -0.1) is 5.54 Å². The highest BCUT2D eigenvalue weighted by Crippen LogP contribution is 2.46. The summed E-state index contributed by atoms with van der Waals surface area (Å²) in [5.41, 5.74) is 6.07. The zero-order valence-corrected chi connectivity index (χ0v) is 39.9. The smallest absolute Gasteiger partial charge is 0.319 e. The lowest BCUT2D eigenvalue weighted by Gasteiger charge is -2.38. The number of pyridine rings is 2. The Bertz CT molecular complexity index is 2710. The van der Waals surface area contributed by atoms with Crippen LogP contribution in [0.15, 0.2) is 42.7 Å². The summed E-state index contributed by atoms with van der Waals surface area (Å²) in [6, 6.07) is 8.38. The van der Waals surface area contributed by atoms with Crippen molar-refractivity contribution in [3.05, 3.63) is 59.9 Å². The summed E-state index contributed by atoms with van der Waals surface area (Å²) in [6.45, 7) is 18.3. The third kappa shape index (κ3) is 7.85. The standard InChI is InChI=1S/C51H61F3N8O3Si/c1-30(2)66(31(3)4,32(5)6)19-12-40-42(53)11-8-33-21-39(63)22-41(43(33)40)47-45(54)48-44(46(57-47)34-20-38(25-55-24-34)60-15-17-64-18-16-60)49(61-27-36-9-10-37(28-61)56-36)59-50(58-48)65-29-51-13-7-14-62(51)26-35(52)23-51/h8,11,20-22,24-25,30-32,35-37,56,63H,7,9-10,13-18,23,26-29H2,1-6H3/t35-,36-,37+,51+/m0/s1. The maximum atomic E-state index is 18.4. The molecule has 4 atom stereocenters. The van der Waals surface area contributed by atoms with Crippen molar-refractivity contribution in [1.29, 1.82) is 0 Å². The van der Waals surface area contributed by atoms with E-state index in [1.165, 1.54) is 12.1 Å². The van der Waals surface area contributed by atoms with E-state index in [9.17, 15) is 9.50 Å². The van der Waals surface area contributed by atoms with Crippen LogP contribution in [0.4, 0.5) is 24.7 Å². The van der Waals surface area contributed by atoms with Crippen molar-refractivity contribution in [2.75, 3.05) is 68.9 Å². The Morgan fingerprint density at radius 2 is 1.64 bits per heavy atom. The van der Waals surface area contributed by atoms with Gasteiger partial charge in [0.15, 0.2) is 5.82 Å². The quantitative estimate of drug-likeness (QED) is 0.103. The van der Waals surface area contributed by atoms with Crippen molar-refractivity contribution >= 4 is 41.3 Å². The Morgan fingerprint density at radius 1 is 0.894 bits per heavy atom. The fourth-order valence-electron chi connectivity index (χ4n) is 12.3. The topological polar surface area (TPSA) is 112 Å². The van der Waals surface area contributed by atoms with Gasteiger partial charge < -0.3 is 29.7 Å². The van der Waals surface area contributed by atoms with Crippen LogP contribution in [0.5, 0.6) is 11.8 Å². The number of aromatic hydroxyl groups is 1.